The maximum atomic E-state index is 5.37. The number of rotatable bonds is 8. The lowest BCUT2D eigenvalue weighted by atomic mass is 10.5. The van der Waals surface area contributed by atoms with Gasteiger partial charge in [0.25, 0.3) is 0 Å². The molecule has 0 spiro atoms. The van der Waals surface area contributed by atoms with Gasteiger partial charge >= 0.3 is 0 Å². The lowest BCUT2D eigenvalue weighted by Crippen LogP contribution is -2.30. The van der Waals surface area contributed by atoms with Gasteiger partial charge in [-0.3, -0.25) is 0 Å². The molecule has 0 bridgehead atoms. The van der Waals surface area contributed by atoms with Crippen molar-refractivity contribution in [3.63, 3.8) is 0 Å². The summed E-state index contributed by atoms with van der Waals surface area (Å²) in [6.07, 6.45) is 1.11. The van der Waals surface area contributed by atoms with Crippen molar-refractivity contribution in [1.29, 1.82) is 0 Å². The van der Waals surface area contributed by atoms with Gasteiger partial charge in [0.1, 0.15) is 0 Å². The number of nitrogens with one attached hydrogen (secondary N) is 1. The van der Waals surface area contributed by atoms with Gasteiger partial charge in [-0.15, -0.1) is 0 Å². The van der Waals surface area contributed by atoms with E-state index in [9.17, 15) is 0 Å². The zero-order valence-electron chi connectivity index (χ0n) is 8.60. The first kappa shape index (κ1) is 11.9. The molecule has 0 fully saturated rings. The predicted octanol–water partition coefficient (Wildman–Crippen LogP) is 0.564. The molecule has 0 heterocycles. The minimum atomic E-state index is 0.855. The molecule has 0 aliphatic carbocycles. The summed E-state index contributed by atoms with van der Waals surface area (Å²) in [6.45, 7) is 7.04. The Morgan fingerprint density at radius 3 is 2.58 bits per heavy atom. The van der Waals surface area contributed by atoms with E-state index < -0.39 is 0 Å². The van der Waals surface area contributed by atoms with Crippen LogP contribution in [0.15, 0.2) is 0 Å². The Bertz CT molecular complexity index is 88.6. The van der Waals surface area contributed by atoms with Gasteiger partial charge in [0, 0.05) is 26.2 Å². The zero-order valence-corrected chi connectivity index (χ0v) is 8.60. The first-order valence-corrected chi connectivity index (χ1v) is 4.72. The Hall–Kier alpha value is -0.120. The maximum Gasteiger partial charge on any atom is 0.0593 e. The van der Waals surface area contributed by atoms with Crippen LogP contribution in [0.5, 0.6) is 0 Å². The molecular formula is C9H22N2O. The molecule has 0 aliphatic heterocycles. The molecule has 3 heteroatoms. The monoisotopic (exact) mass is 174 g/mol. The fraction of sp³-hybridized carbons (Fsp3) is 1.00. The molecule has 0 saturated carbocycles. The van der Waals surface area contributed by atoms with E-state index >= 15 is 0 Å². The molecule has 0 amide bonds. The Balaban J connectivity index is 3.02. The summed E-state index contributed by atoms with van der Waals surface area (Å²) in [5, 5.41) is 3.12. The summed E-state index contributed by atoms with van der Waals surface area (Å²) in [5.41, 5.74) is 0. The highest BCUT2D eigenvalue weighted by atomic mass is 16.5. The average molecular weight is 174 g/mol. The summed E-state index contributed by atoms with van der Waals surface area (Å²) >= 11 is 0. The van der Waals surface area contributed by atoms with Gasteiger partial charge in [-0.25, -0.2) is 0 Å². The standard InChI is InChI=1S/C9H22N2O/c1-4-8-12-9-7-11(3)6-5-10-2/h10H,4-9H2,1-3H3. The van der Waals surface area contributed by atoms with E-state index in [1.54, 1.807) is 0 Å². The van der Waals surface area contributed by atoms with Crippen LogP contribution < -0.4 is 5.32 Å². The third kappa shape index (κ3) is 7.98. The van der Waals surface area contributed by atoms with Crippen LogP contribution in [0.3, 0.4) is 0 Å². The van der Waals surface area contributed by atoms with E-state index in [1.165, 1.54) is 0 Å². The van der Waals surface area contributed by atoms with Crippen LogP contribution in [-0.2, 0) is 4.74 Å². The third-order valence-electron chi connectivity index (χ3n) is 1.71. The highest BCUT2D eigenvalue weighted by Gasteiger charge is 1.95. The van der Waals surface area contributed by atoms with Crippen LogP contribution in [-0.4, -0.2) is 51.8 Å². The van der Waals surface area contributed by atoms with E-state index in [-0.39, 0.29) is 0 Å². The lowest BCUT2D eigenvalue weighted by Gasteiger charge is -2.15. The maximum absolute atomic E-state index is 5.37. The first-order valence-electron chi connectivity index (χ1n) is 4.72. The van der Waals surface area contributed by atoms with Crippen LogP contribution in [0, 0.1) is 0 Å². The fourth-order valence-corrected chi connectivity index (χ4v) is 0.881. The number of nitrogens with zero attached hydrogens (tertiary/aromatic N) is 1. The number of likely N-dealkylation sites (N-methyl/N-ethyl adjacent to an activating group) is 2. The Labute approximate surface area is 76.1 Å². The van der Waals surface area contributed by atoms with Crippen LogP contribution in [0.4, 0.5) is 0 Å². The largest absolute Gasteiger partial charge is 0.380 e. The summed E-state index contributed by atoms with van der Waals surface area (Å²) < 4.78 is 5.37. The molecule has 74 valence electrons. The minimum absolute atomic E-state index is 0.855. The van der Waals surface area contributed by atoms with Gasteiger partial charge in [0.15, 0.2) is 0 Å². The van der Waals surface area contributed by atoms with Crippen molar-refractivity contribution in [3.8, 4) is 0 Å². The Morgan fingerprint density at radius 2 is 2.00 bits per heavy atom. The predicted molar refractivity (Wildman–Crippen MR) is 52.5 cm³/mol. The summed E-state index contributed by atoms with van der Waals surface area (Å²) in [6, 6.07) is 0. The Kier molecular flexibility index (Phi) is 8.88. The van der Waals surface area contributed by atoms with Crippen LogP contribution >= 0.6 is 0 Å². The van der Waals surface area contributed by atoms with E-state index in [0.717, 1.165) is 39.3 Å². The summed E-state index contributed by atoms with van der Waals surface area (Å²) in [4.78, 5) is 2.27. The van der Waals surface area contributed by atoms with Crippen molar-refractivity contribution in [2.45, 2.75) is 13.3 Å². The van der Waals surface area contributed by atoms with E-state index in [4.69, 9.17) is 4.74 Å². The van der Waals surface area contributed by atoms with Crippen molar-refractivity contribution in [1.82, 2.24) is 10.2 Å². The molecule has 0 aromatic carbocycles. The minimum Gasteiger partial charge on any atom is -0.380 e. The lowest BCUT2D eigenvalue weighted by molar-refractivity contribution is 0.112. The molecule has 0 saturated heterocycles. The highest BCUT2D eigenvalue weighted by molar-refractivity contribution is 4.51. The van der Waals surface area contributed by atoms with Gasteiger partial charge in [-0.05, 0) is 20.5 Å². The van der Waals surface area contributed by atoms with Gasteiger partial charge in [-0.2, -0.15) is 0 Å². The second-order valence-corrected chi connectivity index (χ2v) is 3.02. The topological polar surface area (TPSA) is 24.5 Å². The van der Waals surface area contributed by atoms with Crippen molar-refractivity contribution < 1.29 is 4.74 Å². The molecule has 12 heavy (non-hydrogen) atoms. The smallest absolute Gasteiger partial charge is 0.0593 e. The molecule has 0 atom stereocenters. The zero-order chi connectivity index (χ0) is 9.23. The normalized spacial score (nSPS) is 11.0. The quantitative estimate of drug-likeness (QED) is 0.544. The van der Waals surface area contributed by atoms with Crippen LogP contribution in [0.2, 0.25) is 0 Å². The summed E-state index contributed by atoms with van der Waals surface area (Å²) in [5.74, 6) is 0. The average Bonchev–Trinajstić information content (AvgIpc) is 2.09. The molecule has 3 nitrogen and oxygen atoms in total. The second-order valence-electron chi connectivity index (χ2n) is 3.02. The van der Waals surface area contributed by atoms with Gasteiger partial charge in [0.05, 0.1) is 6.61 Å². The number of ether oxygens (including phenoxy) is 1. The molecular weight excluding hydrogens is 152 g/mol. The van der Waals surface area contributed by atoms with Crippen molar-refractivity contribution >= 4 is 0 Å². The van der Waals surface area contributed by atoms with Crippen molar-refractivity contribution in [3.05, 3.63) is 0 Å². The third-order valence-corrected chi connectivity index (χ3v) is 1.71. The second kappa shape index (κ2) is 8.97. The van der Waals surface area contributed by atoms with Gasteiger partial charge in [0.2, 0.25) is 0 Å². The number of hydrogen-bond acceptors (Lipinski definition) is 3. The molecule has 0 radical (unpaired) electrons. The van der Waals surface area contributed by atoms with Gasteiger partial charge in [-0.1, -0.05) is 6.92 Å². The molecule has 0 aliphatic rings. The van der Waals surface area contributed by atoms with Crippen LogP contribution in [0.25, 0.3) is 0 Å². The molecule has 0 unspecified atom stereocenters. The fourth-order valence-electron chi connectivity index (χ4n) is 0.881. The van der Waals surface area contributed by atoms with Crippen LogP contribution in [0.1, 0.15) is 13.3 Å². The van der Waals surface area contributed by atoms with Crippen molar-refractivity contribution in [2.75, 3.05) is 46.9 Å². The summed E-state index contributed by atoms with van der Waals surface area (Å²) in [7, 11) is 4.09. The van der Waals surface area contributed by atoms with Crippen molar-refractivity contribution in [2.24, 2.45) is 0 Å². The molecule has 0 rings (SSSR count). The molecule has 1 N–H and O–H groups in total. The number of hydrogen-bond donors (Lipinski definition) is 1. The Morgan fingerprint density at radius 1 is 1.25 bits per heavy atom. The SMILES string of the molecule is CCCOCCN(C)CCNC. The van der Waals surface area contributed by atoms with E-state index in [0.29, 0.717) is 0 Å². The van der Waals surface area contributed by atoms with Gasteiger partial charge < -0.3 is 15.0 Å². The molecule has 0 aromatic rings. The first-order chi connectivity index (χ1) is 5.81. The van der Waals surface area contributed by atoms with E-state index in [1.807, 2.05) is 7.05 Å². The highest BCUT2D eigenvalue weighted by Crippen LogP contribution is 1.84. The molecule has 0 aromatic heterocycles. The van der Waals surface area contributed by atoms with E-state index in [2.05, 4.69) is 24.2 Å².